The van der Waals surface area contributed by atoms with Crippen LogP contribution < -0.4 is 11.1 Å². The minimum Gasteiger partial charge on any atom is -0.382 e. The van der Waals surface area contributed by atoms with Crippen molar-refractivity contribution in [3.8, 4) is 0 Å². The van der Waals surface area contributed by atoms with Crippen LogP contribution in [-0.4, -0.2) is 26.3 Å². The summed E-state index contributed by atoms with van der Waals surface area (Å²) < 4.78 is 47.9. The summed E-state index contributed by atoms with van der Waals surface area (Å²) in [5, 5.41) is 2.78. The Bertz CT molecular complexity index is 510. The second kappa shape index (κ2) is 5.19. The van der Waals surface area contributed by atoms with E-state index in [1.165, 1.54) is 12.1 Å². The summed E-state index contributed by atoms with van der Waals surface area (Å²) in [6.45, 7) is 3.75. The van der Waals surface area contributed by atoms with Crippen LogP contribution in [-0.2, 0) is 9.84 Å². The average molecular weight is 278 g/mol. The lowest BCUT2D eigenvalue weighted by atomic mass is 10.1. The predicted octanol–water partition coefficient (Wildman–Crippen LogP) is 1.83. The van der Waals surface area contributed by atoms with E-state index in [1.54, 1.807) is 19.9 Å². The van der Waals surface area contributed by atoms with Crippen molar-refractivity contribution in [2.75, 3.05) is 11.9 Å². The van der Waals surface area contributed by atoms with Crippen LogP contribution in [0.5, 0.6) is 0 Å². The molecule has 0 radical (unpaired) electrons. The molecule has 3 N–H and O–H groups in total. The Balaban J connectivity index is 3.08. The molecule has 0 fully saturated rings. The fourth-order valence-corrected chi connectivity index (χ4v) is 2.19. The zero-order valence-electron chi connectivity index (χ0n) is 10.2. The third kappa shape index (κ3) is 3.64. The van der Waals surface area contributed by atoms with Gasteiger partial charge in [0.05, 0.1) is 10.6 Å². The van der Waals surface area contributed by atoms with Crippen molar-refractivity contribution in [1.82, 2.24) is 0 Å². The molecule has 7 heteroatoms. The summed E-state index contributed by atoms with van der Waals surface area (Å²) in [4.78, 5) is -0.413. The van der Waals surface area contributed by atoms with Gasteiger partial charge in [-0.15, -0.1) is 0 Å². The van der Waals surface area contributed by atoms with E-state index in [-0.39, 0.29) is 12.2 Å². The maximum atomic E-state index is 12.5. The van der Waals surface area contributed by atoms with Gasteiger partial charge in [-0.2, -0.15) is 8.78 Å². The molecule has 18 heavy (non-hydrogen) atoms. The van der Waals surface area contributed by atoms with Gasteiger partial charge in [-0.1, -0.05) is 12.1 Å². The summed E-state index contributed by atoms with van der Waals surface area (Å²) in [7, 11) is -4.61. The number of nitrogens with two attached hydrogens (primary N) is 1. The highest BCUT2D eigenvalue weighted by atomic mass is 32.2. The van der Waals surface area contributed by atoms with Crippen LogP contribution in [0, 0.1) is 0 Å². The molecule has 0 amide bonds. The van der Waals surface area contributed by atoms with Crippen LogP contribution in [0.3, 0.4) is 0 Å². The van der Waals surface area contributed by atoms with Gasteiger partial charge in [-0.05, 0) is 26.0 Å². The van der Waals surface area contributed by atoms with Gasteiger partial charge in [-0.25, -0.2) is 8.42 Å². The standard InChI is InChI=1S/C11H16F2N2O2S/c1-11(2,14)7-15-8-5-3-4-6-9(8)18(16,17)10(12)13/h3-6,10,15H,7,14H2,1-2H3. The molecule has 102 valence electrons. The Kier molecular flexibility index (Phi) is 4.28. The molecule has 0 saturated heterocycles. The maximum Gasteiger partial charge on any atom is 0.341 e. The number of anilines is 1. The van der Waals surface area contributed by atoms with Crippen LogP contribution in [0.25, 0.3) is 0 Å². The van der Waals surface area contributed by atoms with Crippen molar-refractivity contribution >= 4 is 15.5 Å². The molecule has 4 nitrogen and oxygen atoms in total. The Morgan fingerprint density at radius 2 is 1.89 bits per heavy atom. The first-order valence-electron chi connectivity index (χ1n) is 5.28. The molecule has 1 aromatic carbocycles. The molecule has 1 rings (SSSR count). The van der Waals surface area contributed by atoms with Crippen LogP contribution in [0.2, 0.25) is 0 Å². The number of nitrogens with one attached hydrogen (secondary N) is 1. The van der Waals surface area contributed by atoms with Crippen molar-refractivity contribution in [1.29, 1.82) is 0 Å². The zero-order valence-corrected chi connectivity index (χ0v) is 11.0. The molecule has 0 aliphatic heterocycles. The number of halogens is 2. The summed E-state index contributed by atoms with van der Waals surface area (Å²) >= 11 is 0. The number of hydrogen-bond donors (Lipinski definition) is 2. The van der Waals surface area contributed by atoms with Gasteiger partial charge in [0.1, 0.15) is 0 Å². The Morgan fingerprint density at radius 1 is 1.33 bits per heavy atom. The maximum absolute atomic E-state index is 12.5. The number of alkyl halides is 2. The van der Waals surface area contributed by atoms with Gasteiger partial charge in [0.15, 0.2) is 0 Å². The highest BCUT2D eigenvalue weighted by Gasteiger charge is 2.29. The Morgan fingerprint density at radius 3 is 2.39 bits per heavy atom. The summed E-state index contributed by atoms with van der Waals surface area (Å²) in [5.41, 5.74) is 5.30. The summed E-state index contributed by atoms with van der Waals surface area (Å²) in [6.07, 6.45) is 0. The first-order valence-corrected chi connectivity index (χ1v) is 6.83. The molecule has 0 spiro atoms. The van der Waals surface area contributed by atoms with Gasteiger partial charge in [0.25, 0.3) is 0 Å². The molecule has 0 unspecified atom stereocenters. The fourth-order valence-electron chi connectivity index (χ4n) is 1.28. The molecule has 0 bridgehead atoms. The van der Waals surface area contributed by atoms with Gasteiger partial charge >= 0.3 is 5.76 Å². The monoisotopic (exact) mass is 278 g/mol. The smallest absolute Gasteiger partial charge is 0.341 e. The lowest BCUT2D eigenvalue weighted by Gasteiger charge is -2.21. The second-order valence-electron chi connectivity index (χ2n) is 4.64. The van der Waals surface area contributed by atoms with Crippen LogP contribution in [0.4, 0.5) is 14.5 Å². The lowest BCUT2D eigenvalue weighted by molar-refractivity contribution is 0.235. The van der Waals surface area contributed by atoms with Gasteiger partial charge in [0, 0.05) is 12.1 Å². The quantitative estimate of drug-likeness (QED) is 0.862. The van der Waals surface area contributed by atoms with Crippen molar-refractivity contribution in [2.24, 2.45) is 5.73 Å². The third-order valence-corrected chi connectivity index (χ3v) is 3.60. The molecule has 1 aromatic rings. The van der Waals surface area contributed by atoms with E-state index in [2.05, 4.69) is 5.32 Å². The SMILES string of the molecule is CC(C)(N)CNc1ccccc1S(=O)(=O)C(F)F. The van der Waals surface area contributed by atoms with Crippen LogP contribution in [0.1, 0.15) is 13.8 Å². The first-order chi connectivity index (χ1) is 8.14. The normalized spacial score (nSPS) is 12.8. The van der Waals surface area contributed by atoms with Gasteiger partial charge in [0.2, 0.25) is 9.84 Å². The molecular formula is C11H16F2N2O2S. The molecule has 0 heterocycles. The predicted molar refractivity (Wildman–Crippen MR) is 66.4 cm³/mol. The van der Waals surface area contributed by atoms with E-state index in [9.17, 15) is 17.2 Å². The van der Waals surface area contributed by atoms with Crippen LogP contribution in [0.15, 0.2) is 29.2 Å². The highest BCUT2D eigenvalue weighted by Crippen LogP contribution is 2.26. The minimum atomic E-state index is -4.61. The van der Waals surface area contributed by atoms with E-state index in [1.807, 2.05) is 0 Å². The largest absolute Gasteiger partial charge is 0.382 e. The summed E-state index contributed by atoms with van der Waals surface area (Å²) in [6, 6.07) is 5.54. The van der Waals surface area contributed by atoms with E-state index in [0.717, 1.165) is 6.07 Å². The van der Waals surface area contributed by atoms with Crippen molar-refractivity contribution < 1.29 is 17.2 Å². The number of rotatable bonds is 5. The number of benzene rings is 1. The molecule has 0 saturated carbocycles. The first kappa shape index (κ1) is 14.8. The van der Waals surface area contributed by atoms with Crippen molar-refractivity contribution in [3.05, 3.63) is 24.3 Å². The summed E-state index contributed by atoms with van der Waals surface area (Å²) in [5.74, 6) is -3.44. The molecular weight excluding hydrogens is 262 g/mol. The molecule has 0 atom stereocenters. The second-order valence-corrected chi connectivity index (χ2v) is 6.53. The molecule has 0 aromatic heterocycles. The molecule has 0 aliphatic rings. The lowest BCUT2D eigenvalue weighted by Crippen LogP contribution is -2.39. The topological polar surface area (TPSA) is 72.2 Å². The number of hydrogen-bond acceptors (Lipinski definition) is 4. The van der Waals surface area contributed by atoms with Crippen molar-refractivity contribution in [2.45, 2.75) is 30.0 Å². The van der Waals surface area contributed by atoms with E-state index >= 15 is 0 Å². The van der Waals surface area contributed by atoms with E-state index in [4.69, 9.17) is 5.73 Å². The van der Waals surface area contributed by atoms with Crippen LogP contribution >= 0.6 is 0 Å². The molecule has 0 aliphatic carbocycles. The van der Waals surface area contributed by atoms with E-state index in [0.29, 0.717) is 0 Å². The minimum absolute atomic E-state index is 0.135. The highest BCUT2D eigenvalue weighted by molar-refractivity contribution is 7.91. The number of para-hydroxylation sites is 1. The average Bonchev–Trinajstić information content (AvgIpc) is 2.25. The van der Waals surface area contributed by atoms with Gasteiger partial charge < -0.3 is 11.1 Å². The fraction of sp³-hybridized carbons (Fsp3) is 0.455. The Hall–Kier alpha value is -1.21. The Labute approximate surface area is 105 Å². The van der Waals surface area contributed by atoms with E-state index < -0.39 is 26.0 Å². The zero-order chi connectivity index (χ0) is 14.0. The third-order valence-electron chi connectivity index (χ3n) is 2.16. The van der Waals surface area contributed by atoms with Crippen molar-refractivity contribution in [3.63, 3.8) is 0 Å². The van der Waals surface area contributed by atoms with Gasteiger partial charge in [-0.3, -0.25) is 0 Å². The number of sulfone groups is 1.